The van der Waals surface area contributed by atoms with Gasteiger partial charge in [0.1, 0.15) is 6.61 Å². The van der Waals surface area contributed by atoms with Crippen LogP contribution in [0.1, 0.15) is 29.7 Å². The van der Waals surface area contributed by atoms with Gasteiger partial charge in [-0.25, -0.2) is 0 Å². The summed E-state index contributed by atoms with van der Waals surface area (Å²) < 4.78 is 13.8. The van der Waals surface area contributed by atoms with E-state index < -0.39 is 11.0 Å². The molecule has 2 unspecified atom stereocenters. The third kappa shape index (κ3) is 4.02. The Hall–Kier alpha value is -3.33. The highest BCUT2D eigenvalue weighted by Gasteiger charge is 2.29. The van der Waals surface area contributed by atoms with Crippen molar-refractivity contribution >= 4 is 17.4 Å². The van der Waals surface area contributed by atoms with Crippen LogP contribution in [0.15, 0.2) is 66.3 Å². The van der Waals surface area contributed by atoms with Crippen LogP contribution < -0.4 is 9.47 Å². The van der Waals surface area contributed by atoms with E-state index in [9.17, 15) is 10.1 Å². The molecule has 154 valence electrons. The number of allylic oxidation sites excluding steroid dienone is 1. The van der Waals surface area contributed by atoms with E-state index in [0.29, 0.717) is 35.6 Å². The highest BCUT2D eigenvalue weighted by Crippen LogP contribution is 2.38. The van der Waals surface area contributed by atoms with E-state index in [2.05, 4.69) is 16.8 Å². The Balaban J connectivity index is 1.58. The third-order valence-corrected chi connectivity index (χ3v) is 5.82. The first-order valence-electron chi connectivity index (χ1n) is 9.40. The molecule has 30 heavy (non-hydrogen) atoms. The van der Waals surface area contributed by atoms with Crippen LogP contribution in [0.25, 0.3) is 0 Å². The Morgan fingerprint density at radius 2 is 2.10 bits per heavy atom. The van der Waals surface area contributed by atoms with Gasteiger partial charge in [0, 0.05) is 23.9 Å². The molecule has 2 atom stereocenters. The zero-order chi connectivity index (χ0) is 21.1. The zero-order valence-corrected chi connectivity index (χ0v) is 17.1. The minimum Gasteiger partial charge on any atom is -0.485 e. The lowest BCUT2D eigenvalue weighted by atomic mass is 10.1. The average Bonchev–Trinajstić information content (AvgIpc) is 3.16. The number of nitrogens with zero attached hydrogens (tertiary/aromatic N) is 4. The molecular formula is C21H20N4O4S. The molecule has 1 aromatic heterocycles. The number of non-ortho nitro benzene ring substituents is 1. The molecule has 9 heteroatoms. The summed E-state index contributed by atoms with van der Waals surface area (Å²) in [6, 6.07) is 14.1. The molecule has 2 aromatic carbocycles. The van der Waals surface area contributed by atoms with Gasteiger partial charge in [-0.15, -0.1) is 16.8 Å². The standard InChI is InChI=1S/C21H20N4O4S/c1-3-11-24-20(19-13-28-17-9-4-5-10-18(17)29-19)22-23-21(24)30-14(2)15-7-6-8-16(12-15)25(26)27/h3-10,12,14,19H,1,11,13H2,2H3. The van der Waals surface area contributed by atoms with Crippen LogP contribution in [0.5, 0.6) is 11.5 Å². The summed E-state index contributed by atoms with van der Waals surface area (Å²) in [7, 11) is 0. The number of benzene rings is 2. The van der Waals surface area contributed by atoms with Gasteiger partial charge in [-0.3, -0.25) is 14.7 Å². The van der Waals surface area contributed by atoms with Crippen LogP contribution in [0.4, 0.5) is 5.69 Å². The second kappa shape index (κ2) is 8.58. The number of rotatable bonds is 7. The second-order valence-electron chi connectivity index (χ2n) is 6.72. The van der Waals surface area contributed by atoms with E-state index >= 15 is 0 Å². The smallest absolute Gasteiger partial charge is 0.269 e. The number of nitro benzene ring substituents is 1. The molecule has 1 aliphatic rings. The Bertz CT molecular complexity index is 1080. The molecule has 0 aliphatic carbocycles. The molecule has 0 radical (unpaired) electrons. The first kappa shape index (κ1) is 20.0. The fourth-order valence-electron chi connectivity index (χ4n) is 3.19. The molecule has 0 N–H and O–H groups in total. The molecule has 0 fully saturated rings. The van der Waals surface area contributed by atoms with E-state index in [1.54, 1.807) is 18.2 Å². The van der Waals surface area contributed by atoms with Gasteiger partial charge in [0.25, 0.3) is 5.69 Å². The van der Waals surface area contributed by atoms with Crippen molar-refractivity contribution in [2.75, 3.05) is 6.61 Å². The van der Waals surface area contributed by atoms with Crippen LogP contribution in [0, 0.1) is 10.1 Å². The van der Waals surface area contributed by atoms with Gasteiger partial charge in [0.2, 0.25) is 0 Å². The first-order chi connectivity index (χ1) is 14.6. The predicted molar refractivity (Wildman–Crippen MR) is 113 cm³/mol. The molecular weight excluding hydrogens is 404 g/mol. The summed E-state index contributed by atoms with van der Waals surface area (Å²) >= 11 is 1.48. The third-order valence-electron chi connectivity index (χ3n) is 4.69. The quantitative estimate of drug-likeness (QED) is 0.234. The maximum atomic E-state index is 11.1. The number of aromatic nitrogens is 3. The fourth-order valence-corrected chi connectivity index (χ4v) is 4.17. The van der Waals surface area contributed by atoms with Crippen molar-refractivity contribution in [1.82, 2.24) is 14.8 Å². The molecule has 8 nitrogen and oxygen atoms in total. The van der Waals surface area contributed by atoms with Crippen molar-refractivity contribution in [3.63, 3.8) is 0 Å². The molecule has 0 saturated carbocycles. The Morgan fingerprint density at radius 3 is 2.87 bits per heavy atom. The topological polar surface area (TPSA) is 92.3 Å². The minimum absolute atomic E-state index is 0.0604. The highest BCUT2D eigenvalue weighted by molar-refractivity contribution is 7.99. The summed E-state index contributed by atoms with van der Waals surface area (Å²) in [6.45, 7) is 6.65. The van der Waals surface area contributed by atoms with Crippen molar-refractivity contribution < 1.29 is 14.4 Å². The van der Waals surface area contributed by atoms with Crippen molar-refractivity contribution in [2.45, 2.75) is 30.0 Å². The number of hydrogen-bond donors (Lipinski definition) is 0. The Morgan fingerprint density at radius 1 is 1.30 bits per heavy atom. The molecule has 0 spiro atoms. The largest absolute Gasteiger partial charge is 0.485 e. The van der Waals surface area contributed by atoms with Crippen LogP contribution in [-0.4, -0.2) is 26.3 Å². The first-order valence-corrected chi connectivity index (χ1v) is 10.3. The van der Waals surface area contributed by atoms with E-state index in [1.807, 2.05) is 41.8 Å². The highest BCUT2D eigenvalue weighted by atomic mass is 32.2. The lowest BCUT2D eigenvalue weighted by Crippen LogP contribution is -2.25. The van der Waals surface area contributed by atoms with Crippen LogP contribution in [0.2, 0.25) is 0 Å². The fraction of sp³-hybridized carbons (Fsp3) is 0.238. The summed E-state index contributed by atoms with van der Waals surface area (Å²) in [4.78, 5) is 10.7. The maximum absolute atomic E-state index is 11.1. The van der Waals surface area contributed by atoms with Gasteiger partial charge in [-0.05, 0) is 24.6 Å². The van der Waals surface area contributed by atoms with Crippen molar-refractivity contribution in [3.05, 3.63) is 82.7 Å². The Kier molecular flexibility index (Phi) is 5.71. The molecule has 0 amide bonds. The van der Waals surface area contributed by atoms with Gasteiger partial charge >= 0.3 is 0 Å². The monoisotopic (exact) mass is 424 g/mol. The average molecular weight is 424 g/mol. The number of nitro groups is 1. The van der Waals surface area contributed by atoms with Gasteiger partial charge < -0.3 is 9.47 Å². The predicted octanol–water partition coefficient (Wildman–Crippen LogP) is 4.74. The molecule has 1 aliphatic heterocycles. The summed E-state index contributed by atoms with van der Waals surface area (Å²) in [5.41, 5.74) is 0.912. The summed E-state index contributed by atoms with van der Waals surface area (Å²) in [5.74, 6) is 2.02. The van der Waals surface area contributed by atoms with Crippen LogP contribution in [-0.2, 0) is 6.54 Å². The van der Waals surface area contributed by atoms with Crippen LogP contribution in [0.3, 0.4) is 0 Å². The van der Waals surface area contributed by atoms with Gasteiger partial charge in [-0.2, -0.15) is 0 Å². The molecule has 4 rings (SSSR count). The van der Waals surface area contributed by atoms with Crippen molar-refractivity contribution in [3.8, 4) is 11.5 Å². The number of hydrogen-bond acceptors (Lipinski definition) is 7. The molecule has 2 heterocycles. The number of fused-ring (bicyclic) bond motifs is 1. The number of para-hydroxylation sites is 2. The number of thioether (sulfide) groups is 1. The zero-order valence-electron chi connectivity index (χ0n) is 16.3. The molecule has 0 saturated heterocycles. The van der Waals surface area contributed by atoms with E-state index in [1.165, 1.54) is 17.8 Å². The minimum atomic E-state index is -0.394. The molecule has 0 bridgehead atoms. The maximum Gasteiger partial charge on any atom is 0.269 e. The number of ether oxygens (including phenoxy) is 2. The molecule has 3 aromatic rings. The SMILES string of the molecule is C=CCn1c(SC(C)c2cccc([N+](=O)[O-])c2)nnc1C1COc2ccccc2O1. The van der Waals surface area contributed by atoms with Gasteiger partial charge in [0.15, 0.2) is 28.6 Å². The van der Waals surface area contributed by atoms with Crippen molar-refractivity contribution in [1.29, 1.82) is 0 Å². The Labute approximate surface area is 177 Å². The van der Waals surface area contributed by atoms with Crippen LogP contribution >= 0.6 is 11.8 Å². The van der Waals surface area contributed by atoms with Crippen molar-refractivity contribution in [2.24, 2.45) is 0 Å². The van der Waals surface area contributed by atoms with Gasteiger partial charge in [0.05, 0.1) is 4.92 Å². The summed E-state index contributed by atoms with van der Waals surface area (Å²) in [6.07, 6.45) is 1.38. The summed E-state index contributed by atoms with van der Waals surface area (Å²) in [5, 5.41) is 20.4. The van der Waals surface area contributed by atoms with E-state index in [-0.39, 0.29) is 10.9 Å². The van der Waals surface area contributed by atoms with E-state index in [4.69, 9.17) is 9.47 Å². The lowest BCUT2D eigenvalue weighted by Gasteiger charge is -2.26. The van der Waals surface area contributed by atoms with Gasteiger partial charge in [-0.1, -0.05) is 42.1 Å². The lowest BCUT2D eigenvalue weighted by molar-refractivity contribution is -0.384. The van der Waals surface area contributed by atoms with E-state index in [0.717, 1.165) is 5.56 Å². The second-order valence-corrected chi connectivity index (χ2v) is 8.02. The normalized spacial score (nSPS) is 16.1.